The van der Waals surface area contributed by atoms with Gasteiger partial charge in [-0.1, -0.05) is 18.2 Å². The summed E-state index contributed by atoms with van der Waals surface area (Å²) < 4.78 is 16.9. The van der Waals surface area contributed by atoms with Crippen LogP contribution in [0.3, 0.4) is 0 Å². The number of aromatic nitrogens is 6. The van der Waals surface area contributed by atoms with E-state index in [1.807, 2.05) is 60.3 Å². The molecule has 0 aliphatic rings. The van der Waals surface area contributed by atoms with Crippen LogP contribution in [0.1, 0.15) is 11.3 Å². The Morgan fingerprint density at radius 2 is 1.73 bits per heavy atom. The first kappa shape index (κ1) is 19.6. The van der Waals surface area contributed by atoms with Crippen LogP contribution >= 0.6 is 11.3 Å². The van der Waals surface area contributed by atoms with Crippen LogP contribution in [0.2, 0.25) is 0 Å². The zero-order valence-corrected chi connectivity index (χ0v) is 18.6. The van der Waals surface area contributed by atoms with Gasteiger partial charge < -0.3 is 5.32 Å². The number of aryl methyl sites for hydroxylation is 2. The highest BCUT2D eigenvalue weighted by molar-refractivity contribution is 7.15. The quantitative estimate of drug-likeness (QED) is 0.370. The van der Waals surface area contributed by atoms with Crippen LogP contribution in [0.25, 0.3) is 32.9 Å². The third-order valence-electron chi connectivity index (χ3n) is 5.47. The van der Waals surface area contributed by atoms with Gasteiger partial charge in [-0.25, -0.2) is 18.6 Å². The second-order valence-corrected chi connectivity index (χ2v) is 8.57. The van der Waals surface area contributed by atoms with Crippen molar-refractivity contribution in [2.24, 2.45) is 0 Å². The normalized spacial score (nSPS) is 11.5. The number of para-hydroxylation sites is 1. The second kappa shape index (κ2) is 7.49. The van der Waals surface area contributed by atoms with Crippen molar-refractivity contribution in [2.45, 2.75) is 13.8 Å². The van der Waals surface area contributed by atoms with E-state index in [0.717, 1.165) is 44.2 Å². The largest absolute Gasteiger partial charge is 0.307 e. The fraction of sp³-hybridized carbons (Fsp3) is 0.0833. The molecule has 2 aromatic carbocycles. The Labute approximate surface area is 192 Å². The number of rotatable bonds is 4. The highest BCUT2D eigenvalue weighted by atomic mass is 32.1. The van der Waals surface area contributed by atoms with Gasteiger partial charge in [0.2, 0.25) is 10.9 Å². The van der Waals surface area contributed by atoms with E-state index in [4.69, 9.17) is 10.1 Å². The Bertz CT molecular complexity index is 1610. The number of nitrogens with one attached hydrogen (secondary N) is 1. The highest BCUT2D eigenvalue weighted by Crippen LogP contribution is 2.29. The molecule has 162 valence electrons. The van der Waals surface area contributed by atoms with Crippen molar-refractivity contribution in [1.82, 2.24) is 29.4 Å². The summed E-state index contributed by atoms with van der Waals surface area (Å²) in [4.78, 5) is 10.2. The van der Waals surface area contributed by atoms with Gasteiger partial charge in [-0.3, -0.25) is 0 Å². The summed E-state index contributed by atoms with van der Waals surface area (Å²) in [6.45, 7) is 4.04. The Kier molecular flexibility index (Phi) is 4.44. The molecule has 0 amide bonds. The first-order valence-electron chi connectivity index (χ1n) is 10.4. The topological polar surface area (TPSA) is 72.9 Å². The van der Waals surface area contributed by atoms with E-state index in [-0.39, 0.29) is 5.82 Å². The van der Waals surface area contributed by atoms with Crippen molar-refractivity contribution in [3.05, 3.63) is 83.1 Å². The SMILES string of the molecule is Cc1cc(Nc2nc3scc(-c4ccc(F)cc4)n3n2)nc2c1c(C)nn2-c1ccccc1. The molecule has 6 rings (SSSR count). The zero-order valence-electron chi connectivity index (χ0n) is 17.8. The van der Waals surface area contributed by atoms with Crippen LogP contribution in [0.5, 0.6) is 0 Å². The summed E-state index contributed by atoms with van der Waals surface area (Å²) in [6, 6.07) is 18.3. The minimum absolute atomic E-state index is 0.270. The van der Waals surface area contributed by atoms with Crippen LogP contribution in [0.4, 0.5) is 16.2 Å². The summed E-state index contributed by atoms with van der Waals surface area (Å²) in [7, 11) is 0. The Morgan fingerprint density at radius 1 is 0.939 bits per heavy atom. The third-order valence-corrected chi connectivity index (χ3v) is 6.29. The summed E-state index contributed by atoms with van der Waals surface area (Å²) >= 11 is 1.47. The first-order chi connectivity index (χ1) is 16.1. The molecule has 0 bridgehead atoms. The molecule has 0 saturated heterocycles. The number of pyridine rings is 1. The Morgan fingerprint density at radius 3 is 2.52 bits per heavy atom. The molecule has 0 spiro atoms. The lowest BCUT2D eigenvalue weighted by Crippen LogP contribution is -2.01. The first-order valence-corrected chi connectivity index (χ1v) is 11.2. The third kappa shape index (κ3) is 3.33. The molecule has 9 heteroatoms. The van der Waals surface area contributed by atoms with Crippen molar-refractivity contribution in [3.8, 4) is 16.9 Å². The van der Waals surface area contributed by atoms with Gasteiger partial charge in [0.1, 0.15) is 11.6 Å². The van der Waals surface area contributed by atoms with Gasteiger partial charge in [-0.15, -0.1) is 16.4 Å². The smallest absolute Gasteiger partial charge is 0.249 e. The zero-order chi connectivity index (χ0) is 22.5. The van der Waals surface area contributed by atoms with Crippen molar-refractivity contribution in [3.63, 3.8) is 0 Å². The molecule has 0 saturated carbocycles. The Hall–Kier alpha value is -4.11. The predicted octanol–water partition coefficient (Wildman–Crippen LogP) is 5.69. The van der Waals surface area contributed by atoms with Crippen LogP contribution in [-0.2, 0) is 0 Å². The van der Waals surface area contributed by atoms with Crippen molar-refractivity contribution < 1.29 is 4.39 Å². The van der Waals surface area contributed by atoms with Crippen LogP contribution in [0.15, 0.2) is 66.0 Å². The number of halogens is 1. The number of hydrogen-bond acceptors (Lipinski definition) is 6. The minimum Gasteiger partial charge on any atom is -0.307 e. The number of benzene rings is 2. The van der Waals surface area contributed by atoms with Gasteiger partial charge in [-0.2, -0.15) is 10.1 Å². The van der Waals surface area contributed by atoms with Crippen LogP contribution in [-0.4, -0.2) is 29.4 Å². The van der Waals surface area contributed by atoms with Crippen LogP contribution in [0, 0.1) is 19.7 Å². The molecule has 0 atom stereocenters. The van der Waals surface area contributed by atoms with Crippen molar-refractivity contribution in [2.75, 3.05) is 5.32 Å². The molecule has 4 heterocycles. The predicted molar refractivity (Wildman–Crippen MR) is 128 cm³/mol. The van der Waals surface area contributed by atoms with Crippen molar-refractivity contribution in [1.29, 1.82) is 0 Å². The van der Waals surface area contributed by atoms with E-state index in [1.165, 1.54) is 23.5 Å². The van der Waals surface area contributed by atoms with E-state index in [2.05, 4.69) is 15.4 Å². The Balaban J connectivity index is 1.40. The average Bonchev–Trinajstić information content (AvgIpc) is 3.48. The number of nitrogens with zero attached hydrogens (tertiary/aromatic N) is 6. The van der Waals surface area contributed by atoms with Gasteiger partial charge in [-0.05, 0) is 61.9 Å². The molecule has 0 aliphatic carbocycles. The van der Waals surface area contributed by atoms with Gasteiger partial charge >= 0.3 is 0 Å². The maximum Gasteiger partial charge on any atom is 0.249 e. The molecule has 0 radical (unpaired) electrons. The van der Waals surface area contributed by atoms with Crippen molar-refractivity contribution >= 4 is 39.1 Å². The molecule has 6 aromatic rings. The standard InChI is InChI=1S/C24H18FN7S/c1-14-12-20(26-22-21(14)15(2)29-31(22)18-6-4-3-5-7-18)27-23-28-24-32(30-23)19(13-33-24)16-8-10-17(25)11-9-16/h3-13H,1-2H3,(H,26,27,30). The number of fused-ring (bicyclic) bond motifs is 2. The molecular weight excluding hydrogens is 437 g/mol. The molecule has 4 aromatic heterocycles. The lowest BCUT2D eigenvalue weighted by Gasteiger charge is -2.06. The van der Waals surface area contributed by atoms with E-state index >= 15 is 0 Å². The summed E-state index contributed by atoms with van der Waals surface area (Å²) in [5, 5.41) is 15.6. The molecule has 33 heavy (non-hydrogen) atoms. The molecule has 0 aliphatic heterocycles. The fourth-order valence-corrected chi connectivity index (χ4v) is 4.82. The number of hydrogen-bond donors (Lipinski definition) is 1. The van der Waals surface area contributed by atoms with Gasteiger partial charge in [0.05, 0.1) is 17.1 Å². The average molecular weight is 456 g/mol. The number of thiazole rings is 1. The fourth-order valence-electron chi connectivity index (χ4n) is 3.98. The lowest BCUT2D eigenvalue weighted by molar-refractivity contribution is 0.628. The second-order valence-electron chi connectivity index (χ2n) is 7.74. The summed E-state index contributed by atoms with van der Waals surface area (Å²) in [5.41, 5.74) is 5.44. The molecule has 0 fully saturated rings. The molecule has 1 N–H and O–H groups in total. The maximum atomic E-state index is 13.3. The van der Waals surface area contributed by atoms with E-state index in [0.29, 0.717) is 11.8 Å². The van der Waals surface area contributed by atoms with Gasteiger partial charge in [0, 0.05) is 16.3 Å². The summed E-state index contributed by atoms with van der Waals surface area (Å²) in [5.74, 6) is 0.811. The summed E-state index contributed by atoms with van der Waals surface area (Å²) in [6.07, 6.45) is 0. The number of anilines is 2. The lowest BCUT2D eigenvalue weighted by atomic mass is 10.1. The molecular formula is C24H18FN7S. The molecule has 0 unspecified atom stereocenters. The minimum atomic E-state index is -0.270. The van der Waals surface area contributed by atoms with Gasteiger partial charge in [0.15, 0.2) is 5.65 Å². The van der Waals surface area contributed by atoms with Crippen LogP contribution < -0.4 is 5.32 Å². The monoisotopic (exact) mass is 455 g/mol. The maximum absolute atomic E-state index is 13.3. The van der Waals surface area contributed by atoms with Gasteiger partial charge in [0.25, 0.3) is 0 Å². The van der Waals surface area contributed by atoms with E-state index in [1.54, 1.807) is 16.6 Å². The highest BCUT2D eigenvalue weighted by Gasteiger charge is 2.16. The van der Waals surface area contributed by atoms with E-state index < -0.39 is 0 Å². The van der Waals surface area contributed by atoms with E-state index in [9.17, 15) is 4.39 Å². The molecule has 7 nitrogen and oxygen atoms in total.